The molecule has 1 aromatic rings. The summed E-state index contributed by atoms with van der Waals surface area (Å²) < 4.78 is 1.28. The molecule has 1 aromatic heterocycles. The van der Waals surface area contributed by atoms with Gasteiger partial charge in [0.2, 0.25) is 0 Å². The molecular formula is C12H18BrNS. The molecule has 0 amide bonds. The normalized spacial score (nSPS) is 18.8. The van der Waals surface area contributed by atoms with Crippen LogP contribution >= 0.6 is 27.3 Å². The van der Waals surface area contributed by atoms with E-state index in [1.54, 1.807) is 0 Å². The maximum atomic E-state index is 3.64. The number of halogens is 1. The molecule has 1 N–H and O–H groups in total. The van der Waals surface area contributed by atoms with Crippen molar-refractivity contribution >= 4 is 27.3 Å². The second-order valence-corrected chi connectivity index (χ2v) is 6.08. The van der Waals surface area contributed by atoms with Crippen LogP contribution in [0.25, 0.3) is 0 Å². The number of rotatable bonds is 5. The van der Waals surface area contributed by atoms with Crippen LogP contribution in [0.1, 0.15) is 43.5 Å². The fourth-order valence-electron chi connectivity index (χ4n) is 2.15. The Morgan fingerprint density at radius 3 is 2.87 bits per heavy atom. The molecule has 0 spiro atoms. The molecule has 84 valence electrons. The quantitative estimate of drug-likeness (QED) is 0.849. The summed E-state index contributed by atoms with van der Waals surface area (Å²) in [6.07, 6.45) is 5.62. The van der Waals surface area contributed by atoms with Crippen LogP contribution in [0, 0.1) is 5.92 Å². The first-order valence-corrected chi connectivity index (χ1v) is 7.44. The highest BCUT2D eigenvalue weighted by molar-refractivity contribution is 9.10. The molecule has 1 atom stereocenters. The number of hydrogen-bond donors (Lipinski definition) is 1. The van der Waals surface area contributed by atoms with Gasteiger partial charge < -0.3 is 5.32 Å². The van der Waals surface area contributed by atoms with Gasteiger partial charge in [-0.15, -0.1) is 11.3 Å². The monoisotopic (exact) mass is 287 g/mol. The molecule has 3 heteroatoms. The van der Waals surface area contributed by atoms with Crippen LogP contribution in [0.2, 0.25) is 0 Å². The van der Waals surface area contributed by atoms with Crippen molar-refractivity contribution in [3.63, 3.8) is 0 Å². The fourth-order valence-corrected chi connectivity index (χ4v) is 3.88. The van der Waals surface area contributed by atoms with Crippen LogP contribution in [0.4, 0.5) is 0 Å². The Morgan fingerprint density at radius 2 is 2.40 bits per heavy atom. The van der Waals surface area contributed by atoms with Gasteiger partial charge in [-0.1, -0.05) is 26.2 Å². The number of nitrogens with one attached hydrogen (secondary N) is 1. The summed E-state index contributed by atoms with van der Waals surface area (Å²) in [7, 11) is 0. The van der Waals surface area contributed by atoms with E-state index >= 15 is 0 Å². The van der Waals surface area contributed by atoms with Gasteiger partial charge in [-0.25, -0.2) is 0 Å². The van der Waals surface area contributed by atoms with Crippen molar-refractivity contribution in [3.8, 4) is 0 Å². The SMILES string of the molecule is CCNC(CC1CCC1)c1sccc1Br. The molecule has 0 radical (unpaired) electrons. The predicted octanol–water partition coefficient (Wildman–Crippen LogP) is 4.35. The highest BCUT2D eigenvalue weighted by Crippen LogP contribution is 2.38. The Hall–Kier alpha value is 0.140. The van der Waals surface area contributed by atoms with Gasteiger partial charge in [-0.3, -0.25) is 0 Å². The van der Waals surface area contributed by atoms with Crippen molar-refractivity contribution in [3.05, 3.63) is 20.8 Å². The van der Waals surface area contributed by atoms with Crippen LogP contribution in [-0.4, -0.2) is 6.54 Å². The van der Waals surface area contributed by atoms with Crippen molar-refractivity contribution < 1.29 is 0 Å². The average molecular weight is 288 g/mol. The largest absolute Gasteiger partial charge is 0.309 e. The minimum Gasteiger partial charge on any atom is -0.309 e. The molecule has 0 bridgehead atoms. The Morgan fingerprint density at radius 1 is 1.60 bits per heavy atom. The second kappa shape index (κ2) is 5.46. The van der Waals surface area contributed by atoms with E-state index in [4.69, 9.17) is 0 Å². The lowest BCUT2D eigenvalue weighted by atomic mass is 9.80. The van der Waals surface area contributed by atoms with E-state index in [1.165, 1.54) is 35.0 Å². The molecule has 1 unspecified atom stereocenters. The van der Waals surface area contributed by atoms with E-state index in [-0.39, 0.29) is 0 Å². The van der Waals surface area contributed by atoms with Gasteiger partial charge in [0, 0.05) is 15.4 Å². The summed E-state index contributed by atoms with van der Waals surface area (Å²) in [6, 6.07) is 2.72. The lowest BCUT2D eigenvalue weighted by molar-refractivity contribution is 0.263. The zero-order valence-electron chi connectivity index (χ0n) is 9.13. The summed E-state index contributed by atoms with van der Waals surface area (Å²) in [4.78, 5) is 1.48. The fraction of sp³-hybridized carbons (Fsp3) is 0.667. The van der Waals surface area contributed by atoms with Gasteiger partial charge in [-0.2, -0.15) is 0 Å². The van der Waals surface area contributed by atoms with Crippen LogP contribution in [0.3, 0.4) is 0 Å². The summed E-state index contributed by atoms with van der Waals surface area (Å²) in [5, 5.41) is 5.78. The molecule has 1 nitrogen and oxygen atoms in total. The zero-order chi connectivity index (χ0) is 10.7. The molecule has 1 heterocycles. The first-order valence-electron chi connectivity index (χ1n) is 5.77. The van der Waals surface area contributed by atoms with E-state index < -0.39 is 0 Å². The molecule has 1 fully saturated rings. The van der Waals surface area contributed by atoms with Crippen LogP contribution < -0.4 is 5.32 Å². The molecule has 0 aliphatic heterocycles. The second-order valence-electron chi connectivity index (χ2n) is 4.28. The Bertz CT molecular complexity index is 306. The molecule has 2 rings (SSSR count). The molecule has 0 saturated heterocycles. The molecule has 1 aliphatic carbocycles. The Kier molecular flexibility index (Phi) is 4.23. The van der Waals surface area contributed by atoms with E-state index in [0.29, 0.717) is 6.04 Å². The van der Waals surface area contributed by atoms with Crippen LogP contribution in [0.5, 0.6) is 0 Å². The molecule has 15 heavy (non-hydrogen) atoms. The maximum Gasteiger partial charge on any atom is 0.0428 e. The van der Waals surface area contributed by atoms with Crippen molar-refractivity contribution in [2.75, 3.05) is 6.54 Å². The highest BCUT2D eigenvalue weighted by atomic mass is 79.9. The average Bonchev–Trinajstić information content (AvgIpc) is 2.56. The van der Waals surface area contributed by atoms with E-state index in [1.807, 2.05) is 11.3 Å². The first kappa shape index (κ1) is 11.6. The molecule has 1 saturated carbocycles. The van der Waals surface area contributed by atoms with Crippen molar-refractivity contribution in [2.45, 2.75) is 38.6 Å². The maximum absolute atomic E-state index is 3.64. The van der Waals surface area contributed by atoms with Crippen molar-refractivity contribution in [1.82, 2.24) is 5.32 Å². The van der Waals surface area contributed by atoms with Gasteiger partial charge in [0.15, 0.2) is 0 Å². The summed E-state index contributed by atoms with van der Waals surface area (Å²) >= 11 is 5.50. The first-order chi connectivity index (χ1) is 7.31. The lowest BCUT2D eigenvalue weighted by Crippen LogP contribution is -2.25. The summed E-state index contributed by atoms with van der Waals surface area (Å²) in [5.41, 5.74) is 0. The third-order valence-corrected chi connectivity index (χ3v) is 5.19. The Balaban J connectivity index is 2.01. The van der Waals surface area contributed by atoms with E-state index in [9.17, 15) is 0 Å². The van der Waals surface area contributed by atoms with Gasteiger partial charge in [0.25, 0.3) is 0 Å². The minimum absolute atomic E-state index is 0.565. The smallest absolute Gasteiger partial charge is 0.0428 e. The van der Waals surface area contributed by atoms with Crippen LogP contribution in [-0.2, 0) is 0 Å². The van der Waals surface area contributed by atoms with Gasteiger partial charge in [-0.05, 0) is 46.3 Å². The summed E-state index contributed by atoms with van der Waals surface area (Å²) in [5.74, 6) is 0.961. The third-order valence-electron chi connectivity index (χ3n) is 3.21. The van der Waals surface area contributed by atoms with E-state index in [2.05, 4.69) is 39.6 Å². The van der Waals surface area contributed by atoms with Gasteiger partial charge in [0.1, 0.15) is 0 Å². The minimum atomic E-state index is 0.565. The number of thiophene rings is 1. The van der Waals surface area contributed by atoms with Crippen molar-refractivity contribution in [2.24, 2.45) is 5.92 Å². The molecule has 1 aliphatic rings. The van der Waals surface area contributed by atoms with Gasteiger partial charge >= 0.3 is 0 Å². The van der Waals surface area contributed by atoms with E-state index in [0.717, 1.165) is 12.5 Å². The van der Waals surface area contributed by atoms with Crippen molar-refractivity contribution in [1.29, 1.82) is 0 Å². The predicted molar refractivity (Wildman–Crippen MR) is 70.4 cm³/mol. The molecular weight excluding hydrogens is 270 g/mol. The third kappa shape index (κ3) is 2.83. The summed E-state index contributed by atoms with van der Waals surface area (Å²) in [6.45, 7) is 3.25. The number of hydrogen-bond acceptors (Lipinski definition) is 2. The topological polar surface area (TPSA) is 12.0 Å². The molecule has 0 aromatic carbocycles. The zero-order valence-corrected chi connectivity index (χ0v) is 11.5. The standard InChI is InChI=1S/C12H18BrNS/c1-2-14-11(8-9-4-3-5-9)12-10(13)6-7-15-12/h6-7,9,11,14H,2-5,8H2,1H3. The van der Waals surface area contributed by atoms with Crippen LogP contribution in [0.15, 0.2) is 15.9 Å². The Labute approximate surface area is 104 Å². The highest BCUT2D eigenvalue weighted by Gasteiger charge is 2.24. The lowest BCUT2D eigenvalue weighted by Gasteiger charge is -2.29. The van der Waals surface area contributed by atoms with Gasteiger partial charge in [0.05, 0.1) is 0 Å².